The lowest BCUT2D eigenvalue weighted by Gasteiger charge is -2.13. The number of benzene rings is 4. The normalized spacial score (nSPS) is 11.9. The van der Waals surface area contributed by atoms with E-state index in [0.29, 0.717) is 5.56 Å². The van der Waals surface area contributed by atoms with Crippen LogP contribution in [0.25, 0.3) is 21.5 Å². The monoisotopic (exact) mass is 412 g/mol. The first-order chi connectivity index (χ1) is 15.1. The van der Waals surface area contributed by atoms with E-state index in [1.165, 1.54) is 0 Å². The van der Waals surface area contributed by atoms with E-state index in [2.05, 4.69) is 10.6 Å². The van der Waals surface area contributed by atoms with Gasteiger partial charge in [-0.25, -0.2) is 0 Å². The quantitative estimate of drug-likeness (QED) is 0.430. The molecule has 0 saturated heterocycles. The Morgan fingerprint density at radius 3 is 2.06 bits per heavy atom. The zero-order valence-electron chi connectivity index (χ0n) is 17.0. The van der Waals surface area contributed by atoms with Crippen LogP contribution in [0.2, 0.25) is 0 Å². The minimum atomic E-state index is -0.791. The molecule has 0 saturated carbocycles. The summed E-state index contributed by atoms with van der Waals surface area (Å²) in [6, 6.07) is 27.0. The van der Waals surface area contributed by atoms with Crippen molar-refractivity contribution in [2.75, 3.05) is 13.1 Å². The molecule has 4 aromatic carbocycles. The maximum Gasteiger partial charge on any atom is 0.251 e. The van der Waals surface area contributed by atoms with Gasteiger partial charge in [0.25, 0.3) is 5.91 Å². The van der Waals surface area contributed by atoms with E-state index in [9.17, 15) is 14.7 Å². The summed E-state index contributed by atoms with van der Waals surface area (Å²) in [5.41, 5.74) is 1.31. The summed E-state index contributed by atoms with van der Waals surface area (Å²) in [5, 5.41) is 20.1. The molecule has 2 amide bonds. The van der Waals surface area contributed by atoms with Crippen molar-refractivity contribution in [3.05, 3.63) is 96.1 Å². The minimum absolute atomic E-state index is 0.121. The second-order valence-corrected chi connectivity index (χ2v) is 7.49. The van der Waals surface area contributed by atoms with Gasteiger partial charge in [-0.15, -0.1) is 0 Å². The number of aliphatic hydroxyl groups excluding tert-OH is 1. The van der Waals surface area contributed by atoms with Gasteiger partial charge in [0, 0.05) is 25.1 Å². The fourth-order valence-electron chi connectivity index (χ4n) is 3.55. The van der Waals surface area contributed by atoms with E-state index < -0.39 is 6.10 Å². The van der Waals surface area contributed by atoms with Crippen LogP contribution in [-0.4, -0.2) is 30.0 Å². The molecule has 0 heterocycles. The van der Waals surface area contributed by atoms with Crippen LogP contribution in [-0.2, 0) is 4.79 Å². The zero-order valence-corrected chi connectivity index (χ0v) is 17.0. The Labute approximate surface area is 180 Å². The number of carbonyl (C=O) groups is 2. The van der Waals surface area contributed by atoms with Gasteiger partial charge in [-0.1, -0.05) is 66.7 Å². The third-order valence-corrected chi connectivity index (χ3v) is 5.30. The predicted octanol–water partition coefficient (Wildman–Crippen LogP) is 3.96. The number of hydrogen-bond donors (Lipinski definition) is 3. The summed E-state index contributed by atoms with van der Waals surface area (Å²) >= 11 is 0. The number of amides is 2. The van der Waals surface area contributed by atoms with Crippen LogP contribution in [0.3, 0.4) is 0 Å². The molecule has 0 aliphatic carbocycles. The predicted molar refractivity (Wildman–Crippen MR) is 123 cm³/mol. The molecule has 31 heavy (non-hydrogen) atoms. The van der Waals surface area contributed by atoms with Gasteiger partial charge in [0.05, 0.1) is 6.10 Å². The molecule has 156 valence electrons. The minimum Gasteiger partial charge on any atom is -0.387 e. The molecule has 0 spiro atoms. The molecule has 1 unspecified atom stereocenters. The number of hydrogen-bond acceptors (Lipinski definition) is 3. The van der Waals surface area contributed by atoms with Gasteiger partial charge >= 0.3 is 0 Å². The fourth-order valence-corrected chi connectivity index (χ4v) is 3.55. The summed E-state index contributed by atoms with van der Waals surface area (Å²) in [7, 11) is 0. The Morgan fingerprint density at radius 1 is 0.742 bits per heavy atom. The molecule has 5 heteroatoms. The molecule has 0 bridgehead atoms. The van der Waals surface area contributed by atoms with Crippen molar-refractivity contribution in [3.8, 4) is 0 Å². The van der Waals surface area contributed by atoms with E-state index in [-0.39, 0.29) is 31.3 Å². The number of carbonyl (C=O) groups excluding carboxylic acids is 2. The Kier molecular flexibility index (Phi) is 6.24. The number of aliphatic hydroxyl groups is 1. The van der Waals surface area contributed by atoms with Crippen LogP contribution in [0, 0.1) is 0 Å². The lowest BCUT2D eigenvalue weighted by atomic mass is 10.0. The standard InChI is InChI=1S/C26H24N2O3/c29-24(22-11-9-18-5-1-3-7-20(18)15-22)17-28-25(30)13-14-27-26(31)23-12-10-19-6-2-4-8-21(19)16-23/h1-12,15-16,24,29H,13-14,17H2,(H,27,31)(H,28,30). The van der Waals surface area contributed by atoms with Gasteiger partial charge in [-0.2, -0.15) is 0 Å². The highest BCUT2D eigenvalue weighted by atomic mass is 16.3. The second-order valence-electron chi connectivity index (χ2n) is 7.49. The Hall–Kier alpha value is -3.70. The van der Waals surface area contributed by atoms with Crippen LogP contribution in [0.4, 0.5) is 0 Å². The topological polar surface area (TPSA) is 78.4 Å². The molecule has 0 radical (unpaired) electrons. The third-order valence-electron chi connectivity index (χ3n) is 5.30. The largest absolute Gasteiger partial charge is 0.387 e. The van der Waals surface area contributed by atoms with E-state index in [0.717, 1.165) is 27.1 Å². The van der Waals surface area contributed by atoms with Gasteiger partial charge in [0.15, 0.2) is 0 Å². The average molecular weight is 412 g/mol. The summed E-state index contributed by atoms with van der Waals surface area (Å²) in [6.45, 7) is 0.347. The van der Waals surface area contributed by atoms with Crippen LogP contribution < -0.4 is 10.6 Å². The smallest absolute Gasteiger partial charge is 0.251 e. The lowest BCUT2D eigenvalue weighted by Crippen LogP contribution is -2.32. The van der Waals surface area contributed by atoms with Crippen molar-refractivity contribution in [2.24, 2.45) is 0 Å². The first-order valence-electron chi connectivity index (χ1n) is 10.3. The molecule has 3 N–H and O–H groups in total. The SMILES string of the molecule is O=C(CCNC(=O)c1ccc2ccccc2c1)NCC(O)c1ccc2ccccc2c1. The van der Waals surface area contributed by atoms with E-state index >= 15 is 0 Å². The Bertz CT molecular complexity index is 1240. The molecule has 0 fully saturated rings. The number of rotatable bonds is 7. The molecule has 0 aromatic heterocycles. The van der Waals surface area contributed by atoms with Crippen LogP contribution in [0.1, 0.15) is 28.4 Å². The van der Waals surface area contributed by atoms with E-state index in [1.807, 2.05) is 78.9 Å². The molecule has 0 aliphatic heterocycles. The van der Waals surface area contributed by atoms with Crippen LogP contribution in [0.5, 0.6) is 0 Å². The summed E-state index contributed by atoms with van der Waals surface area (Å²) < 4.78 is 0. The molecule has 4 rings (SSSR count). The van der Waals surface area contributed by atoms with Crippen molar-refractivity contribution >= 4 is 33.4 Å². The molecule has 5 nitrogen and oxygen atoms in total. The van der Waals surface area contributed by atoms with Crippen molar-refractivity contribution in [3.63, 3.8) is 0 Å². The molecule has 4 aromatic rings. The van der Waals surface area contributed by atoms with Gasteiger partial charge in [-0.05, 0) is 45.3 Å². The first-order valence-corrected chi connectivity index (χ1v) is 10.3. The Balaban J connectivity index is 1.24. The van der Waals surface area contributed by atoms with E-state index in [1.54, 1.807) is 6.07 Å². The number of nitrogens with one attached hydrogen (secondary N) is 2. The van der Waals surface area contributed by atoms with Gasteiger partial charge in [-0.3, -0.25) is 9.59 Å². The van der Waals surface area contributed by atoms with E-state index in [4.69, 9.17) is 0 Å². The second kappa shape index (κ2) is 9.41. The first kappa shape index (κ1) is 20.6. The average Bonchev–Trinajstić information content (AvgIpc) is 2.81. The Morgan fingerprint density at radius 2 is 1.35 bits per heavy atom. The maximum atomic E-state index is 12.3. The number of fused-ring (bicyclic) bond motifs is 2. The highest BCUT2D eigenvalue weighted by molar-refractivity contribution is 5.98. The molecular weight excluding hydrogens is 388 g/mol. The maximum absolute atomic E-state index is 12.3. The van der Waals surface area contributed by atoms with Crippen molar-refractivity contribution in [1.29, 1.82) is 0 Å². The van der Waals surface area contributed by atoms with Gasteiger partial charge in [0.2, 0.25) is 5.91 Å². The fraction of sp³-hybridized carbons (Fsp3) is 0.154. The molecule has 1 atom stereocenters. The molecule has 0 aliphatic rings. The molecular formula is C26H24N2O3. The van der Waals surface area contributed by atoms with Gasteiger partial charge in [0.1, 0.15) is 0 Å². The van der Waals surface area contributed by atoms with Crippen molar-refractivity contribution < 1.29 is 14.7 Å². The summed E-state index contributed by atoms with van der Waals surface area (Å²) in [5.74, 6) is -0.437. The van der Waals surface area contributed by atoms with Crippen molar-refractivity contribution in [1.82, 2.24) is 10.6 Å². The van der Waals surface area contributed by atoms with Crippen LogP contribution >= 0.6 is 0 Å². The highest BCUT2D eigenvalue weighted by Crippen LogP contribution is 2.20. The van der Waals surface area contributed by atoms with Gasteiger partial charge < -0.3 is 15.7 Å². The summed E-state index contributed by atoms with van der Waals surface area (Å²) in [6.07, 6.45) is -0.648. The van der Waals surface area contributed by atoms with Crippen LogP contribution in [0.15, 0.2) is 84.9 Å². The zero-order chi connectivity index (χ0) is 21.6. The van der Waals surface area contributed by atoms with Crippen molar-refractivity contribution in [2.45, 2.75) is 12.5 Å². The highest BCUT2D eigenvalue weighted by Gasteiger charge is 2.11. The lowest BCUT2D eigenvalue weighted by molar-refractivity contribution is -0.121. The third kappa shape index (κ3) is 5.08. The summed E-state index contributed by atoms with van der Waals surface area (Å²) in [4.78, 5) is 24.5.